The highest BCUT2D eigenvalue weighted by Crippen LogP contribution is 2.31. The molecule has 0 saturated carbocycles. The van der Waals surface area contributed by atoms with Gasteiger partial charge in [0.1, 0.15) is 5.82 Å². The number of benzene rings is 2. The Kier molecular flexibility index (Phi) is 7.12. The molecule has 0 amide bonds. The minimum Gasteiger partial charge on any atom is -0.466 e. The molecule has 3 aromatic rings. The summed E-state index contributed by atoms with van der Waals surface area (Å²) in [6, 6.07) is 13.8. The minimum atomic E-state index is -0.283. The van der Waals surface area contributed by atoms with Gasteiger partial charge >= 0.3 is 5.97 Å². The van der Waals surface area contributed by atoms with Crippen LogP contribution in [0.3, 0.4) is 0 Å². The first-order chi connectivity index (χ1) is 13.6. The van der Waals surface area contributed by atoms with Gasteiger partial charge in [-0.15, -0.1) is 0 Å². The van der Waals surface area contributed by atoms with E-state index in [-0.39, 0.29) is 11.8 Å². The van der Waals surface area contributed by atoms with Crippen molar-refractivity contribution in [2.45, 2.75) is 24.9 Å². The quantitative estimate of drug-likeness (QED) is 0.265. The van der Waals surface area contributed by atoms with E-state index in [9.17, 15) is 9.18 Å². The normalized spacial score (nSPS) is 10.8. The summed E-state index contributed by atoms with van der Waals surface area (Å²) in [5.41, 5.74) is 2.63. The van der Waals surface area contributed by atoms with E-state index in [1.807, 2.05) is 28.8 Å². The van der Waals surface area contributed by atoms with Gasteiger partial charge in [-0.25, -0.2) is 9.37 Å². The molecule has 0 fully saturated rings. The summed E-state index contributed by atoms with van der Waals surface area (Å²) < 4.78 is 20.3. The second-order valence-corrected chi connectivity index (χ2v) is 7.50. The zero-order valence-electron chi connectivity index (χ0n) is 15.4. The maximum atomic E-state index is 13.3. The van der Waals surface area contributed by atoms with Gasteiger partial charge in [0.2, 0.25) is 0 Å². The van der Waals surface area contributed by atoms with Crippen molar-refractivity contribution in [2.75, 3.05) is 12.4 Å². The highest BCUT2D eigenvalue weighted by molar-refractivity contribution is 7.99. The number of halogens is 2. The first kappa shape index (κ1) is 20.4. The van der Waals surface area contributed by atoms with Gasteiger partial charge in [0.25, 0.3) is 0 Å². The predicted molar refractivity (Wildman–Crippen MR) is 111 cm³/mol. The van der Waals surface area contributed by atoms with E-state index in [1.54, 1.807) is 37.0 Å². The van der Waals surface area contributed by atoms with Gasteiger partial charge in [0.15, 0.2) is 5.16 Å². The molecule has 2 aromatic carbocycles. The lowest BCUT2D eigenvalue weighted by molar-refractivity contribution is -0.143. The fraction of sp³-hybridized carbons (Fsp3) is 0.238. The number of carbonyl (C=O) groups excluding carboxylic acids is 1. The topological polar surface area (TPSA) is 44.1 Å². The van der Waals surface area contributed by atoms with E-state index >= 15 is 0 Å². The number of imidazole rings is 1. The van der Waals surface area contributed by atoms with Gasteiger partial charge in [0.05, 0.1) is 18.5 Å². The zero-order valence-corrected chi connectivity index (χ0v) is 17.0. The smallest absolute Gasteiger partial charge is 0.305 e. The standard InChI is InChI=1S/C21H20ClFN2O2S/c1-2-27-20(26)4-3-13-28-21-24-14-19(15-5-9-17(23)10-6-15)25(21)18-11-7-16(22)8-12-18/h5-12,14H,2-4,13H2,1H3. The molecule has 0 spiro atoms. The van der Waals surface area contributed by atoms with Crippen LogP contribution in [0.1, 0.15) is 19.8 Å². The molecule has 4 nitrogen and oxygen atoms in total. The van der Waals surface area contributed by atoms with Crippen LogP contribution in [0.4, 0.5) is 4.39 Å². The number of rotatable bonds is 8. The number of carbonyl (C=O) groups is 1. The Morgan fingerprint density at radius 1 is 1.18 bits per heavy atom. The summed E-state index contributed by atoms with van der Waals surface area (Å²) in [7, 11) is 0. The average molecular weight is 419 g/mol. The van der Waals surface area contributed by atoms with E-state index in [2.05, 4.69) is 4.98 Å². The minimum absolute atomic E-state index is 0.184. The Hall–Kier alpha value is -2.31. The molecule has 28 heavy (non-hydrogen) atoms. The van der Waals surface area contributed by atoms with Crippen LogP contribution in [0, 0.1) is 5.82 Å². The monoisotopic (exact) mass is 418 g/mol. The molecule has 0 N–H and O–H groups in total. The van der Waals surface area contributed by atoms with Crippen molar-refractivity contribution >= 4 is 29.3 Å². The third-order valence-electron chi connectivity index (χ3n) is 4.02. The zero-order chi connectivity index (χ0) is 19.9. The van der Waals surface area contributed by atoms with Gasteiger partial charge in [-0.05, 0) is 61.9 Å². The summed E-state index contributed by atoms with van der Waals surface area (Å²) >= 11 is 7.59. The van der Waals surface area contributed by atoms with Gasteiger partial charge in [-0.3, -0.25) is 9.36 Å². The third kappa shape index (κ3) is 5.14. The van der Waals surface area contributed by atoms with Crippen molar-refractivity contribution in [3.8, 4) is 16.9 Å². The molecule has 0 aliphatic heterocycles. The van der Waals surface area contributed by atoms with Crippen LogP contribution in [0.5, 0.6) is 0 Å². The number of thioether (sulfide) groups is 1. The molecule has 0 aliphatic carbocycles. The Morgan fingerprint density at radius 2 is 1.89 bits per heavy atom. The maximum Gasteiger partial charge on any atom is 0.305 e. The molecule has 1 heterocycles. The maximum absolute atomic E-state index is 13.3. The first-order valence-electron chi connectivity index (χ1n) is 8.96. The Morgan fingerprint density at radius 3 is 2.57 bits per heavy atom. The van der Waals surface area contributed by atoms with Crippen LogP contribution in [0.25, 0.3) is 16.9 Å². The average Bonchev–Trinajstić information content (AvgIpc) is 3.10. The number of hydrogen-bond donors (Lipinski definition) is 0. The molecule has 0 unspecified atom stereocenters. The van der Waals surface area contributed by atoms with Crippen molar-refractivity contribution in [1.82, 2.24) is 9.55 Å². The Labute approximate surface area is 172 Å². The summed E-state index contributed by atoms with van der Waals surface area (Å²) in [5, 5.41) is 1.45. The number of nitrogens with zero attached hydrogens (tertiary/aromatic N) is 2. The first-order valence-corrected chi connectivity index (χ1v) is 10.3. The Bertz CT molecular complexity index is 927. The fourth-order valence-corrected chi connectivity index (χ4v) is 3.77. The highest BCUT2D eigenvalue weighted by Gasteiger charge is 2.14. The van der Waals surface area contributed by atoms with Crippen molar-refractivity contribution in [3.05, 3.63) is 65.6 Å². The summed E-state index contributed by atoms with van der Waals surface area (Å²) in [6.07, 6.45) is 2.85. The predicted octanol–water partition coefficient (Wildman–Crippen LogP) is 5.77. The van der Waals surface area contributed by atoms with E-state index in [1.165, 1.54) is 12.1 Å². The van der Waals surface area contributed by atoms with Gasteiger partial charge in [-0.2, -0.15) is 0 Å². The molecule has 0 radical (unpaired) electrons. The number of aromatic nitrogens is 2. The second-order valence-electron chi connectivity index (χ2n) is 6.00. The SMILES string of the molecule is CCOC(=O)CCCSc1ncc(-c2ccc(F)cc2)n1-c1ccc(Cl)cc1. The van der Waals surface area contributed by atoms with Crippen LogP contribution >= 0.6 is 23.4 Å². The van der Waals surface area contributed by atoms with E-state index < -0.39 is 0 Å². The largest absolute Gasteiger partial charge is 0.466 e. The van der Waals surface area contributed by atoms with Crippen molar-refractivity contribution < 1.29 is 13.9 Å². The highest BCUT2D eigenvalue weighted by atomic mass is 35.5. The molecular formula is C21H20ClFN2O2S. The molecule has 1 aromatic heterocycles. The van der Waals surface area contributed by atoms with Crippen LogP contribution in [0.2, 0.25) is 5.02 Å². The van der Waals surface area contributed by atoms with E-state index in [0.717, 1.165) is 27.9 Å². The fourth-order valence-electron chi connectivity index (χ4n) is 2.71. The molecule has 0 aliphatic rings. The number of ether oxygens (including phenoxy) is 1. The molecule has 0 atom stereocenters. The summed E-state index contributed by atoms with van der Waals surface area (Å²) in [6.45, 7) is 2.19. The van der Waals surface area contributed by atoms with Crippen LogP contribution < -0.4 is 0 Å². The molecule has 7 heteroatoms. The van der Waals surface area contributed by atoms with E-state index in [4.69, 9.17) is 16.3 Å². The summed E-state index contributed by atoms with van der Waals surface area (Å²) in [5.74, 6) is 0.262. The molecule has 0 saturated heterocycles. The third-order valence-corrected chi connectivity index (χ3v) is 5.31. The number of hydrogen-bond acceptors (Lipinski definition) is 4. The number of esters is 1. The van der Waals surface area contributed by atoms with Crippen LogP contribution in [-0.4, -0.2) is 27.9 Å². The second kappa shape index (κ2) is 9.75. The molecule has 3 rings (SSSR count). The van der Waals surface area contributed by atoms with E-state index in [0.29, 0.717) is 24.5 Å². The lowest BCUT2D eigenvalue weighted by Gasteiger charge is -2.12. The van der Waals surface area contributed by atoms with Gasteiger partial charge in [-0.1, -0.05) is 23.4 Å². The molecular weight excluding hydrogens is 399 g/mol. The van der Waals surface area contributed by atoms with Gasteiger partial charge in [0, 0.05) is 28.4 Å². The van der Waals surface area contributed by atoms with Crippen molar-refractivity contribution in [3.63, 3.8) is 0 Å². The van der Waals surface area contributed by atoms with Crippen molar-refractivity contribution in [1.29, 1.82) is 0 Å². The lowest BCUT2D eigenvalue weighted by Crippen LogP contribution is -2.04. The van der Waals surface area contributed by atoms with Crippen molar-refractivity contribution in [2.24, 2.45) is 0 Å². The lowest BCUT2D eigenvalue weighted by atomic mass is 10.1. The molecule has 146 valence electrons. The van der Waals surface area contributed by atoms with Gasteiger partial charge < -0.3 is 4.74 Å². The molecule has 0 bridgehead atoms. The van der Waals surface area contributed by atoms with Crippen LogP contribution in [-0.2, 0) is 9.53 Å². The summed E-state index contributed by atoms with van der Waals surface area (Å²) in [4.78, 5) is 16.0. The Balaban J connectivity index is 1.84. The van der Waals surface area contributed by atoms with Crippen LogP contribution in [0.15, 0.2) is 59.9 Å².